The highest BCUT2D eigenvalue weighted by Crippen LogP contribution is 2.26. The lowest BCUT2D eigenvalue weighted by molar-refractivity contribution is -0.119. The minimum absolute atomic E-state index is 0.170. The molecule has 5 nitrogen and oxygen atoms in total. The van der Waals surface area contributed by atoms with Crippen LogP contribution in [-0.2, 0) is 16.0 Å². The van der Waals surface area contributed by atoms with Crippen molar-refractivity contribution in [3.05, 3.63) is 108 Å². The van der Waals surface area contributed by atoms with Crippen LogP contribution >= 0.6 is 0 Å². The number of nitrogens with one attached hydrogen (secondary N) is 1. The molecule has 0 heterocycles. The Hall–Kier alpha value is -4.12. The number of hydrogen-bond acceptors (Lipinski definition) is 5. The molecule has 0 fully saturated rings. The molecule has 1 N–H and O–H groups in total. The number of carbonyl (C=O) groups excluding carboxylic acids is 2. The predicted molar refractivity (Wildman–Crippen MR) is 144 cm³/mol. The Morgan fingerprint density at radius 3 is 2.31 bits per heavy atom. The first-order chi connectivity index (χ1) is 17.6. The van der Waals surface area contributed by atoms with Gasteiger partial charge in [0.15, 0.2) is 0 Å². The molecular weight excluding hydrogens is 450 g/mol. The second-order valence-corrected chi connectivity index (χ2v) is 8.70. The first kappa shape index (κ1) is 25.0. The van der Waals surface area contributed by atoms with Crippen LogP contribution in [0.25, 0.3) is 10.8 Å². The van der Waals surface area contributed by atoms with Crippen molar-refractivity contribution in [2.24, 2.45) is 0 Å². The molecule has 0 aliphatic rings. The first-order valence-corrected chi connectivity index (χ1v) is 12.2. The summed E-state index contributed by atoms with van der Waals surface area (Å²) < 4.78 is 10.4. The predicted octanol–water partition coefficient (Wildman–Crippen LogP) is 6.77. The minimum Gasteiger partial charge on any atom is -0.497 e. The third-order valence-corrected chi connectivity index (χ3v) is 6.18. The lowest BCUT2D eigenvalue weighted by atomic mass is 9.97. The second-order valence-electron chi connectivity index (χ2n) is 8.70. The Kier molecular flexibility index (Phi) is 8.35. The lowest BCUT2D eigenvalue weighted by Gasteiger charge is -2.20. The maximum Gasteiger partial charge on any atom is 0.338 e. The molecule has 0 amide bonds. The number of methoxy groups -OCH3 is 1. The Morgan fingerprint density at radius 1 is 0.861 bits per heavy atom. The molecule has 1 atom stereocenters. The molecule has 0 aliphatic heterocycles. The van der Waals surface area contributed by atoms with Crippen molar-refractivity contribution in [1.29, 1.82) is 0 Å². The van der Waals surface area contributed by atoms with E-state index in [1.54, 1.807) is 26.2 Å². The topological polar surface area (TPSA) is 64.6 Å². The molecule has 4 aromatic rings. The highest BCUT2D eigenvalue weighted by Gasteiger charge is 2.17. The molecule has 0 bridgehead atoms. The summed E-state index contributed by atoms with van der Waals surface area (Å²) in [5.41, 5.74) is 3.53. The highest BCUT2D eigenvalue weighted by atomic mass is 16.5. The molecule has 4 rings (SSSR count). The Morgan fingerprint density at radius 2 is 1.58 bits per heavy atom. The van der Waals surface area contributed by atoms with Crippen LogP contribution in [0.5, 0.6) is 5.75 Å². The fourth-order valence-corrected chi connectivity index (χ4v) is 4.22. The number of ketones is 1. The number of esters is 1. The van der Waals surface area contributed by atoms with E-state index in [1.807, 2.05) is 60.7 Å². The molecule has 0 aromatic heterocycles. The summed E-state index contributed by atoms with van der Waals surface area (Å²) in [6, 6.07) is 29.2. The van der Waals surface area contributed by atoms with Crippen molar-refractivity contribution in [1.82, 2.24) is 0 Å². The summed E-state index contributed by atoms with van der Waals surface area (Å²) in [5.74, 6) is 0.682. The largest absolute Gasteiger partial charge is 0.497 e. The summed E-state index contributed by atoms with van der Waals surface area (Å²) in [4.78, 5) is 25.0. The number of Topliss-reactive ketones (excluding diaryl/α,β-unsaturated/α-hetero) is 1. The number of anilines is 1. The molecule has 0 saturated heterocycles. The lowest BCUT2D eigenvalue weighted by Crippen LogP contribution is -2.16. The maximum atomic E-state index is 13.0. The molecule has 1 unspecified atom stereocenters. The summed E-state index contributed by atoms with van der Waals surface area (Å²) in [6.45, 7) is 2.12. The van der Waals surface area contributed by atoms with Gasteiger partial charge in [-0.05, 0) is 71.6 Å². The quantitative estimate of drug-likeness (QED) is 0.240. The summed E-state index contributed by atoms with van der Waals surface area (Å²) in [5, 5.41) is 5.73. The van der Waals surface area contributed by atoms with Gasteiger partial charge in [-0.2, -0.15) is 0 Å². The van der Waals surface area contributed by atoms with E-state index >= 15 is 0 Å². The standard InChI is InChI=1S/C31H31NO4/c1-3-36-31(34)24-12-15-27(16-13-24)32-30(23-7-5-4-6-8-23)21-28(33)17-10-22-9-11-26-20-29(35-2)18-14-25(26)19-22/h4-9,11-16,18-20,30,32H,3,10,17,21H2,1-2H3. The van der Waals surface area contributed by atoms with Crippen LogP contribution in [0.2, 0.25) is 0 Å². The van der Waals surface area contributed by atoms with Crippen LogP contribution in [0.4, 0.5) is 5.69 Å². The van der Waals surface area contributed by atoms with E-state index in [0.29, 0.717) is 31.4 Å². The zero-order valence-corrected chi connectivity index (χ0v) is 20.7. The molecule has 184 valence electrons. The zero-order valence-electron chi connectivity index (χ0n) is 20.7. The summed E-state index contributed by atoms with van der Waals surface area (Å²) in [6.07, 6.45) is 1.53. The molecule has 0 radical (unpaired) electrons. The van der Waals surface area contributed by atoms with Gasteiger partial charge in [-0.3, -0.25) is 4.79 Å². The number of aryl methyl sites for hydroxylation is 1. The number of carbonyl (C=O) groups is 2. The molecule has 0 spiro atoms. The van der Waals surface area contributed by atoms with E-state index in [2.05, 4.69) is 23.5 Å². The fourth-order valence-electron chi connectivity index (χ4n) is 4.22. The van der Waals surface area contributed by atoms with E-state index in [1.165, 1.54) is 0 Å². The van der Waals surface area contributed by atoms with Gasteiger partial charge in [0.1, 0.15) is 11.5 Å². The third kappa shape index (κ3) is 6.51. The monoisotopic (exact) mass is 481 g/mol. The van der Waals surface area contributed by atoms with Gasteiger partial charge in [-0.15, -0.1) is 0 Å². The third-order valence-electron chi connectivity index (χ3n) is 6.18. The van der Waals surface area contributed by atoms with E-state index in [9.17, 15) is 9.59 Å². The Labute approximate surface area is 212 Å². The number of ether oxygens (including phenoxy) is 2. The number of benzene rings is 4. The Balaban J connectivity index is 1.42. The Bertz CT molecular complexity index is 1320. The molecule has 36 heavy (non-hydrogen) atoms. The van der Waals surface area contributed by atoms with E-state index in [-0.39, 0.29) is 17.8 Å². The van der Waals surface area contributed by atoms with Crippen LogP contribution in [0.1, 0.15) is 47.3 Å². The van der Waals surface area contributed by atoms with E-state index in [4.69, 9.17) is 9.47 Å². The van der Waals surface area contributed by atoms with Gasteiger partial charge in [0, 0.05) is 18.5 Å². The van der Waals surface area contributed by atoms with Crippen molar-refractivity contribution >= 4 is 28.2 Å². The van der Waals surface area contributed by atoms with Crippen LogP contribution in [0, 0.1) is 0 Å². The first-order valence-electron chi connectivity index (χ1n) is 12.2. The molecular formula is C31H31NO4. The summed E-state index contributed by atoms with van der Waals surface area (Å²) in [7, 11) is 1.66. The average molecular weight is 482 g/mol. The van der Waals surface area contributed by atoms with Crippen LogP contribution in [-0.4, -0.2) is 25.5 Å². The average Bonchev–Trinajstić information content (AvgIpc) is 2.92. The fraction of sp³-hybridized carbons (Fsp3) is 0.226. The summed E-state index contributed by atoms with van der Waals surface area (Å²) >= 11 is 0. The molecule has 4 aromatic carbocycles. The number of rotatable bonds is 11. The van der Waals surface area contributed by atoms with E-state index in [0.717, 1.165) is 33.3 Å². The molecule has 0 aliphatic carbocycles. The van der Waals surface area contributed by atoms with Crippen molar-refractivity contribution in [2.75, 3.05) is 19.0 Å². The van der Waals surface area contributed by atoms with Crippen LogP contribution in [0.3, 0.4) is 0 Å². The highest BCUT2D eigenvalue weighted by molar-refractivity contribution is 5.90. The number of fused-ring (bicyclic) bond motifs is 1. The van der Waals surface area contributed by atoms with Crippen molar-refractivity contribution < 1.29 is 19.1 Å². The number of hydrogen-bond donors (Lipinski definition) is 1. The van der Waals surface area contributed by atoms with Crippen LogP contribution in [0.15, 0.2) is 91.0 Å². The van der Waals surface area contributed by atoms with Gasteiger partial charge >= 0.3 is 5.97 Å². The SMILES string of the molecule is CCOC(=O)c1ccc(NC(CC(=O)CCc2ccc3cc(OC)ccc3c2)c2ccccc2)cc1. The normalized spacial score (nSPS) is 11.6. The second kappa shape index (κ2) is 12.0. The van der Waals surface area contributed by atoms with Gasteiger partial charge in [0.05, 0.1) is 25.3 Å². The smallest absolute Gasteiger partial charge is 0.338 e. The van der Waals surface area contributed by atoms with Crippen LogP contribution < -0.4 is 10.1 Å². The maximum absolute atomic E-state index is 13.0. The van der Waals surface area contributed by atoms with Gasteiger partial charge < -0.3 is 14.8 Å². The van der Waals surface area contributed by atoms with Crippen molar-refractivity contribution in [3.63, 3.8) is 0 Å². The zero-order chi connectivity index (χ0) is 25.3. The van der Waals surface area contributed by atoms with Gasteiger partial charge in [0.25, 0.3) is 0 Å². The van der Waals surface area contributed by atoms with Gasteiger partial charge in [0.2, 0.25) is 0 Å². The van der Waals surface area contributed by atoms with Crippen molar-refractivity contribution in [3.8, 4) is 5.75 Å². The van der Waals surface area contributed by atoms with Gasteiger partial charge in [-0.25, -0.2) is 4.79 Å². The molecule has 5 heteroatoms. The van der Waals surface area contributed by atoms with E-state index < -0.39 is 0 Å². The van der Waals surface area contributed by atoms with Crippen molar-refractivity contribution in [2.45, 2.75) is 32.2 Å². The molecule has 0 saturated carbocycles. The minimum atomic E-state index is -0.341. The van der Waals surface area contributed by atoms with Gasteiger partial charge in [-0.1, -0.05) is 54.6 Å².